The molecule has 58 heavy (non-hydrogen) atoms. The Kier molecular flexibility index (Phi) is 12.6. The maximum Gasteiger partial charge on any atom is 0.303 e. The zero-order chi connectivity index (χ0) is 41.2. The van der Waals surface area contributed by atoms with Crippen LogP contribution in [0.3, 0.4) is 0 Å². The third kappa shape index (κ3) is 8.27. The number of nitrogens with one attached hydrogen (secondary N) is 1. The number of thioether (sulfide) groups is 1. The van der Waals surface area contributed by atoms with Gasteiger partial charge in [0.25, 0.3) is 8.32 Å². The van der Waals surface area contributed by atoms with E-state index in [0.717, 1.165) is 28.6 Å². The van der Waals surface area contributed by atoms with E-state index in [1.807, 2.05) is 36.4 Å². The van der Waals surface area contributed by atoms with Gasteiger partial charge in [-0.25, -0.2) is 23.4 Å². The van der Waals surface area contributed by atoms with Gasteiger partial charge in [0, 0.05) is 38.9 Å². The quantitative estimate of drug-likeness (QED) is 0.0388. The summed E-state index contributed by atoms with van der Waals surface area (Å²) in [6.45, 7) is 10.1. The van der Waals surface area contributed by atoms with Crippen molar-refractivity contribution in [3.63, 3.8) is 0 Å². The number of fused-ring (bicyclic) bond motifs is 1. The topological polar surface area (TPSA) is 132 Å². The van der Waals surface area contributed by atoms with Crippen molar-refractivity contribution in [3.8, 4) is 0 Å². The van der Waals surface area contributed by atoms with E-state index in [1.165, 1.54) is 39.0 Å². The van der Waals surface area contributed by atoms with E-state index in [-0.39, 0.29) is 23.6 Å². The van der Waals surface area contributed by atoms with Crippen LogP contribution in [-0.2, 0) is 28.2 Å². The van der Waals surface area contributed by atoms with Gasteiger partial charge in [-0.3, -0.25) is 4.79 Å². The minimum Gasteiger partial charge on any atom is -0.457 e. The maximum absolute atomic E-state index is 14.2. The Morgan fingerprint density at radius 1 is 1.00 bits per heavy atom. The highest BCUT2D eigenvalue weighted by Gasteiger charge is 2.56. The molecule has 0 amide bonds. The summed E-state index contributed by atoms with van der Waals surface area (Å²) in [7, 11) is -0.0648. The number of ether oxygens (including phenoxy) is 4. The molecule has 0 spiro atoms. The molecule has 12 nitrogen and oxygen atoms in total. The second-order valence-corrected chi connectivity index (χ2v) is 21.1. The van der Waals surface area contributed by atoms with E-state index in [9.17, 15) is 13.6 Å². The summed E-state index contributed by atoms with van der Waals surface area (Å²) in [6.07, 6.45) is -1.94. The first kappa shape index (κ1) is 41.8. The SMILES string of the molecule is CCCSc1nc(N[C@@H]2C[C@H]2c2ccc(F)c(F)c2)c2nnn([C@@H]3[C@@H](OC(C)=O)[C@H](C(OC)OC)O[C@H]3CO[Si](c3ccccc3)(c3ccccc3)C(C)(C)C)c2n1. The Morgan fingerprint density at radius 3 is 2.26 bits per heavy atom. The summed E-state index contributed by atoms with van der Waals surface area (Å²) in [5.74, 6) is -1.13. The van der Waals surface area contributed by atoms with Crippen LogP contribution in [0.1, 0.15) is 65.0 Å². The van der Waals surface area contributed by atoms with E-state index < -0.39 is 56.6 Å². The fourth-order valence-electron chi connectivity index (χ4n) is 8.09. The number of hydrogen-bond donors (Lipinski definition) is 1. The van der Waals surface area contributed by atoms with Gasteiger partial charge < -0.3 is 28.7 Å². The molecule has 0 bridgehead atoms. The molecular formula is C42H50F2N6O6SSi. The highest BCUT2D eigenvalue weighted by molar-refractivity contribution is 7.99. The minimum absolute atomic E-state index is 0.0535. The summed E-state index contributed by atoms with van der Waals surface area (Å²) in [5, 5.41) is 15.1. The van der Waals surface area contributed by atoms with Crippen molar-refractivity contribution in [1.29, 1.82) is 0 Å². The Morgan fingerprint density at radius 2 is 1.67 bits per heavy atom. The van der Waals surface area contributed by atoms with Gasteiger partial charge in [0.15, 0.2) is 46.2 Å². The van der Waals surface area contributed by atoms with Gasteiger partial charge in [0.05, 0.1) is 6.61 Å². The Labute approximate surface area is 342 Å². The predicted molar refractivity (Wildman–Crippen MR) is 220 cm³/mol. The molecule has 1 saturated carbocycles. The number of aromatic nitrogens is 5. The lowest BCUT2D eigenvalue weighted by atomic mass is 10.0. The van der Waals surface area contributed by atoms with Crippen molar-refractivity contribution in [3.05, 3.63) is 96.1 Å². The van der Waals surface area contributed by atoms with Gasteiger partial charge in [-0.1, -0.05) is 111 Å². The van der Waals surface area contributed by atoms with E-state index >= 15 is 0 Å². The number of carbonyl (C=O) groups is 1. The average Bonchev–Trinajstić information content (AvgIpc) is 3.72. The molecule has 0 unspecified atom stereocenters. The van der Waals surface area contributed by atoms with Gasteiger partial charge in [-0.2, -0.15) is 0 Å². The third-order valence-corrected chi connectivity index (χ3v) is 16.9. The van der Waals surface area contributed by atoms with Gasteiger partial charge in [-0.15, -0.1) is 5.10 Å². The number of hydrogen-bond acceptors (Lipinski definition) is 12. The molecule has 1 N–H and O–H groups in total. The summed E-state index contributed by atoms with van der Waals surface area (Å²) >= 11 is 1.49. The maximum atomic E-state index is 14.2. The smallest absolute Gasteiger partial charge is 0.303 e. The van der Waals surface area contributed by atoms with Gasteiger partial charge in [0.2, 0.25) is 0 Å². The molecule has 6 atom stereocenters. The highest BCUT2D eigenvalue weighted by atomic mass is 32.2. The van der Waals surface area contributed by atoms with Crippen molar-refractivity contribution in [2.24, 2.45) is 0 Å². The zero-order valence-corrected chi connectivity index (χ0v) is 35.5. The van der Waals surface area contributed by atoms with Crippen molar-refractivity contribution in [1.82, 2.24) is 25.0 Å². The van der Waals surface area contributed by atoms with E-state index in [1.54, 1.807) is 10.7 Å². The van der Waals surface area contributed by atoms with E-state index in [2.05, 4.69) is 67.6 Å². The number of halogens is 2. The predicted octanol–water partition coefficient (Wildman–Crippen LogP) is 6.41. The molecule has 5 aromatic rings. The lowest BCUT2D eigenvalue weighted by Gasteiger charge is -2.43. The molecule has 7 rings (SSSR count). The first-order valence-corrected chi connectivity index (χ1v) is 22.4. The number of methoxy groups -OCH3 is 2. The summed E-state index contributed by atoms with van der Waals surface area (Å²) in [4.78, 5) is 22.7. The molecule has 2 aromatic heterocycles. The number of esters is 1. The summed E-state index contributed by atoms with van der Waals surface area (Å²) < 4.78 is 61.3. The van der Waals surface area contributed by atoms with Crippen LogP contribution >= 0.6 is 11.8 Å². The van der Waals surface area contributed by atoms with E-state index in [4.69, 9.17) is 33.3 Å². The fraction of sp³-hybridized carbons (Fsp3) is 0.452. The lowest BCUT2D eigenvalue weighted by molar-refractivity contribution is -0.200. The van der Waals surface area contributed by atoms with Gasteiger partial charge >= 0.3 is 5.97 Å². The molecule has 2 fully saturated rings. The lowest BCUT2D eigenvalue weighted by Crippen LogP contribution is -2.67. The van der Waals surface area contributed by atoms with Crippen LogP contribution in [0.2, 0.25) is 5.04 Å². The van der Waals surface area contributed by atoms with Crippen LogP contribution in [0.25, 0.3) is 11.2 Å². The van der Waals surface area contributed by atoms with Crippen LogP contribution < -0.4 is 15.7 Å². The molecule has 1 aliphatic carbocycles. The third-order valence-electron chi connectivity index (χ3n) is 10.8. The second kappa shape index (κ2) is 17.5. The normalized spacial score (nSPS) is 22.1. The molecule has 1 aliphatic heterocycles. The second-order valence-electron chi connectivity index (χ2n) is 15.7. The minimum atomic E-state index is -3.07. The van der Waals surface area contributed by atoms with E-state index in [0.29, 0.717) is 34.1 Å². The van der Waals surface area contributed by atoms with Crippen LogP contribution in [0.5, 0.6) is 0 Å². The monoisotopic (exact) mass is 832 g/mol. The number of carbonyl (C=O) groups excluding carboxylic acids is 1. The summed E-state index contributed by atoms with van der Waals surface area (Å²) in [6, 6.07) is 23.7. The van der Waals surface area contributed by atoms with Crippen LogP contribution in [0.15, 0.2) is 84.0 Å². The van der Waals surface area contributed by atoms with Crippen molar-refractivity contribution < 1.29 is 36.9 Å². The fourth-order valence-corrected chi connectivity index (χ4v) is 13.4. The highest BCUT2D eigenvalue weighted by Crippen LogP contribution is 2.45. The first-order chi connectivity index (χ1) is 27.9. The molecule has 3 aromatic carbocycles. The van der Waals surface area contributed by atoms with Crippen molar-refractivity contribution in [2.45, 2.75) is 100 Å². The molecule has 2 aliphatic rings. The Hall–Kier alpha value is -4.32. The summed E-state index contributed by atoms with van der Waals surface area (Å²) in [5.41, 5.74) is 1.48. The Balaban J connectivity index is 1.32. The molecule has 3 heterocycles. The largest absolute Gasteiger partial charge is 0.457 e. The number of nitrogens with zero attached hydrogens (tertiary/aromatic N) is 5. The molecule has 308 valence electrons. The van der Waals surface area contributed by atoms with Crippen LogP contribution in [-0.4, -0.2) is 96.5 Å². The number of anilines is 1. The molecule has 0 radical (unpaired) electrons. The van der Waals surface area contributed by atoms with Crippen molar-refractivity contribution in [2.75, 3.05) is 31.9 Å². The first-order valence-electron chi connectivity index (χ1n) is 19.5. The van der Waals surface area contributed by atoms with Crippen LogP contribution in [0, 0.1) is 11.6 Å². The average molecular weight is 833 g/mol. The molecule has 16 heteroatoms. The standard InChI is InChI=1S/C42H50F2N6O6SSi/c1-8-21-57-41-46-38(45-32-23-29(32)26-19-20-30(43)31(44)22-26)34-39(47-41)50(49-48-34)35-33(56-37(40(52-6)53-7)36(35)55-25(2)51)24-54-58(42(3,4)5,27-15-11-9-12-16-27)28-17-13-10-14-18-28/h9-20,22,29,32-33,35-37,40H,8,21,23-24H2,1-7H3,(H,45,46,47)/t29-,32+,33-,35-,36+,37+/m0/s1. The van der Waals surface area contributed by atoms with Gasteiger partial charge in [-0.05, 0) is 45.9 Å². The van der Waals surface area contributed by atoms with Crippen LogP contribution in [0.4, 0.5) is 14.6 Å². The molecular weight excluding hydrogens is 783 g/mol. The number of rotatable bonds is 16. The zero-order valence-electron chi connectivity index (χ0n) is 33.7. The Bertz CT molecular complexity index is 2150. The number of benzene rings is 3. The van der Waals surface area contributed by atoms with Gasteiger partial charge in [0.1, 0.15) is 18.2 Å². The molecule has 1 saturated heterocycles. The van der Waals surface area contributed by atoms with Crippen molar-refractivity contribution >= 4 is 53.4 Å².